The zero-order valence-corrected chi connectivity index (χ0v) is 31.8. The molecule has 4 fully saturated rings. The Balaban J connectivity index is 0.000000189. The highest BCUT2D eigenvalue weighted by atomic mass is 35.5. The van der Waals surface area contributed by atoms with Crippen molar-refractivity contribution < 1.29 is 47.9 Å². The van der Waals surface area contributed by atoms with Crippen LogP contribution in [0.1, 0.15) is 55.4 Å². The monoisotopic (exact) mass is 802 g/mol. The number of carbonyl (C=O) groups excluding carboxylic acids is 4. The van der Waals surface area contributed by atoms with Gasteiger partial charge >= 0.3 is 11.9 Å². The second kappa shape index (κ2) is 14.2. The number of rotatable bonds is 8. The van der Waals surface area contributed by atoms with Crippen LogP contribution in [0.2, 0.25) is 5.02 Å². The summed E-state index contributed by atoms with van der Waals surface area (Å²) in [4.78, 5) is 75.9. The average molecular weight is 803 g/mol. The Morgan fingerprint density at radius 3 is 1.91 bits per heavy atom. The molecular weight excluding hydrogens is 767 g/mol. The second-order valence-electron chi connectivity index (χ2n) is 14.1. The normalized spacial score (nSPS) is 26.3. The number of carboxylic acids is 2. The fraction of sp³-hybridized carbons (Fsp3) is 0.400. The van der Waals surface area contributed by atoms with Gasteiger partial charge in [-0.05, 0) is 52.3 Å². The first-order valence-corrected chi connectivity index (χ1v) is 18.7. The molecule has 5 heterocycles. The molecule has 0 spiro atoms. The number of aryl methyl sites for hydroxylation is 1. The summed E-state index contributed by atoms with van der Waals surface area (Å²) in [6, 6.07) is 8.54. The van der Waals surface area contributed by atoms with Crippen molar-refractivity contribution >= 4 is 70.7 Å². The number of benzene rings is 2. The number of aliphatic carboxylic acids is 2. The molecule has 6 N–H and O–H groups in total. The third-order valence-electron chi connectivity index (χ3n) is 9.66. The van der Waals surface area contributed by atoms with Crippen LogP contribution in [0.3, 0.4) is 0 Å². The maximum absolute atomic E-state index is 14.4. The highest BCUT2D eigenvalue weighted by Gasteiger charge is 2.65. The maximum atomic E-state index is 14.4. The van der Waals surface area contributed by atoms with Crippen LogP contribution in [-0.2, 0) is 24.0 Å². The summed E-state index contributed by atoms with van der Waals surface area (Å²) in [6.45, 7) is 8.54. The minimum Gasteiger partial charge on any atom is -0.480 e. The number of nitrogens with two attached hydrogens (primary N) is 1. The van der Waals surface area contributed by atoms with E-state index in [-0.39, 0.29) is 38.9 Å². The van der Waals surface area contributed by atoms with Gasteiger partial charge < -0.3 is 40.9 Å². The molecule has 4 aliphatic rings. The predicted molar refractivity (Wildman–Crippen MR) is 196 cm³/mol. The van der Waals surface area contributed by atoms with Gasteiger partial charge in [0.15, 0.2) is 0 Å². The summed E-state index contributed by atoms with van der Waals surface area (Å²) in [5.41, 5.74) is 6.41. The number of carboxylic acid groups (broad SMARTS) is 2. The summed E-state index contributed by atoms with van der Waals surface area (Å²) < 4.78 is 18.1. The van der Waals surface area contributed by atoms with Crippen LogP contribution in [0.4, 0.5) is 4.39 Å². The number of halogens is 2. The summed E-state index contributed by atoms with van der Waals surface area (Å²) in [5.74, 6) is -4.66. The van der Waals surface area contributed by atoms with Gasteiger partial charge in [0.2, 0.25) is 17.7 Å². The first kappa shape index (κ1) is 39.1. The van der Waals surface area contributed by atoms with Crippen molar-refractivity contribution in [2.75, 3.05) is 0 Å². The van der Waals surface area contributed by atoms with Crippen molar-refractivity contribution in [2.24, 2.45) is 5.73 Å². The number of fused-ring (bicyclic) bond motifs is 2. The summed E-state index contributed by atoms with van der Waals surface area (Å²) in [6.07, 6.45) is 0. The van der Waals surface area contributed by atoms with Gasteiger partial charge in [-0.2, -0.15) is 0 Å². The highest BCUT2D eigenvalue weighted by molar-refractivity contribution is 8.02. The van der Waals surface area contributed by atoms with Gasteiger partial charge in [-0.1, -0.05) is 53.2 Å². The predicted octanol–water partition coefficient (Wildman–Crippen LogP) is 3.01. The fourth-order valence-corrected chi connectivity index (χ4v) is 10.6. The van der Waals surface area contributed by atoms with Gasteiger partial charge in [0.1, 0.15) is 63.8 Å². The Kier molecular flexibility index (Phi) is 10.3. The minimum absolute atomic E-state index is 0.0368. The van der Waals surface area contributed by atoms with Crippen LogP contribution in [0.15, 0.2) is 53.1 Å². The zero-order valence-electron chi connectivity index (χ0n) is 29.4. The SMILES string of the molecule is CC1(C)S[C@@H]2[C@H](NC(=O)[C@@H](N)c3ccccc3)C(=O)N2[C@H]1C(=O)O.Cc1onc(-c2c(F)cccc2Cl)c1C(=O)N[C@@H]1C(=O)N2[C@@H]1SC(C)(C)[C@@H]2C(=O)O. The van der Waals surface area contributed by atoms with Crippen molar-refractivity contribution in [1.29, 1.82) is 0 Å². The lowest BCUT2D eigenvalue weighted by Crippen LogP contribution is -2.71. The molecule has 1 aromatic heterocycles. The molecule has 0 saturated carbocycles. The standard InChI is InChI=1S/C19H17ClFN3O5S.C16H19N3O4S/c1-7-10(12(23-29-7)11-8(20)5-4-6-9(11)21)15(25)22-13-16(26)24-14(18(27)28)19(2,3)30-17(13)24;1-16(2)11(15(22)23)19-13(21)10(14(19)24-16)18-12(20)9(17)8-6-4-3-5-7-8/h4-6,13-14,17H,1-3H3,(H,22,25)(H,27,28);3-7,9-11,14H,17H2,1-2H3,(H,18,20)(H,22,23)/t13-,14+,17-;9-,10+,11-,14+/m10/s1. The van der Waals surface area contributed by atoms with Crippen molar-refractivity contribution in [2.45, 2.75) is 85.1 Å². The van der Waals surface area contributed by atoms with Crippen molar-refractivity contribution in [3.63, 3.8) is 0 Å². The number of nitrogens with zero attached hydrogens (tertiary/aromatic N) is 3. The van der Waals surface area contributed by atoms with E-state index in [0.717, 1.165) is 0 Å². The van der Waals surface area contributed by atoms with E-state index in [2.05, 4.69) is 15.8 Å². The van der Waals surface area contributed by atoms with E-state index in [9.17, 15) is 43.4 Å². The smallest absolute Gasteiger partial charge is 0.327 e. The minimum atomic E-state index is -1.10. The topological polar surface area (TPSA) is 225 Å². The molecule has 54 heavy (non-hydrogen) atoms. The van der Waals surface area contributed by atoms with E-state index in [4.69, 9.17) is 21.9 Å². The molecule has 0 aliphatic carbocycles. The van der Waals surface area contributed by atoms with Crippen LogP contribution in [0.5, 0.6) is 0 Å². The molecule has 7 atom stereocenters. The van der Waals surface area contributed by atoms with Crippen LogP contribution >= 0.6 is 35.1 Å². The molecule has 7 rings (SSSR count). The van der Waals surface area contributed by atoms with Gasteiger partial charge in [0.05, 0.1) is 10.6 Å². The Labute approximate surface area is 321 Å². The molecule has 0 unspecified atom stereocenters. The number of thioether (sulfide) groups is 2. The van der Waals surface area contributed by atoms with Gasteiger partial charge in [-0.15, -0.1) is 23.5 Å². The quantitative estimate of drug-likeness (QED) is 0.207. The average Bonchev–Trinajstić information content (AvgIpc) is 3.70. The van der Waals surface area contributed by atoms with Crippen molar-refractivity contribution in [3.05, 3.63) is 76.3 Å². The summed E-state index contributed by atoms with van der Waals surface area (Å²) >= 11 is 8.78. The number of aromatic nitrogens is 1. The van der Waals surface area contributed by atoms with Crippen molar-refractivity contribution in [3.8, 4) is 11.3 Å². The second-order valence-corrected chi connectivity index (χ2v) is 18.0. The molecule has 2 aromatic carbocycles. The number of amides is 4. The molecule has 15 nitrogen and oxygen atoms in total. The summed E-state index contributed by atoms with van der Waals surface area (Å²) in [5, 5.41) is 27.1. The Bertz CT molecular complexity index is 2050. The van der Waals surface area contributed by atoms with E-state index < -0.39 is 80.6 Å². The molecule has 0 bridgehead atoms. The Hall–Kier alpha value is -4.65. The van der Waals surface area contributed by atoms with E-state index >= 15 is 0 Å². The van der Waals surface area contributed by atoms with Gasteiger partial charge in [0, 0.05) is 9.49 Å². The fourth-order valence-electron chi connectivity index (χ4n) is 7.09. The molecule has 3 aromatic rings. The number of hydrogen-bond acceptors (Lipinski definition) is 11. The van der Waals surface area contributed by atoms with E-state index in [0.29, 0.717) is 5.56 Å². The lowest BCUT2D eigenvalue weighted by molar-refractivity contribution is -0.161. The first-order valence-electron chi connectivity index (χ1n) is 16.6. The lowest BCUT2D eigenvalue weighted by atomic mass is 9.95. The Morgan fingerprint density at radius 2 is 1.41 bits per heavy atom. The molecule has 0 radical (unpaired) electrons. The molecule has 286 valence electrons. The largest absolute Gasteiger partial charge is 0.480 e. The molecule has 4 amide bonds. The number of β-lactam (4-membered cyclic amide) rings is 2. The molecule has 4 saturated heterocycles. The molecule has 19 heteroatoms. The van der Waals surface area contributed by atoms with Crippen LogP contribution in [0, 0.1) is 12.7 Å². The van der Waals surface area contributed by atoms with E-state index in [1.54, 1.807) is 52.0 Å². The maximum Gasteiger partial charge on any atom is 0.327 e. The van der Waals surface area contributed by atoms with E-state index in [1.807, 2.05) is 6.07 Å². The number of nitrogens with one attached hydrogen (secondary N) is 2. The van der Waals surface area contributed by atoms with Gasteiger partial charge in [-0.25, -0.2) is 14.0 Å². The molecular formula is C35H36ClFN6O9S2. The Morgan fingerprint density at radius 1 is 0.889 bits per heavy atom. The third kappa shape index (κ3) is 6.58. The van der Waals surface area contributed by atoms with Crippen LogP contribution in [0.25, 0.3) is 11.3 Å². The van der Waals surface area contributed by atoms with Gasteiger partial charge in [-0.3, -0.25) is 19.2 Å². The molecule has 4 aliphatic heterocycles. The van der Waals surface area contributed by atoms with E-state index in [1.165, 1.54) is 58.4 Å². The zero-order chi connectivity index (χ0) is 39.6. The third-order valence-corrected chi connectivity index (χ3v) is 13.1. The van der Waals surface area contributed by atoms with Crippen LogP contribution < -0.4 is 16.4 Å². The summed E-state index contributed by atoms with van der Waals surface area (Å²) in [7, 11) is 0. The number of hydrogen-bond donors (Lipinski definition) is 5. The van der Waals surface area contributed by atoms with Crippen molar-refractivity contribution in [1.82, 2.24) is 25.6 Å². The number of carbonyl (C=O) groups is 6. The lowest BCUT2D eigenvalue weighted by Gasteiger charge is -2.43. The first-order chi connectivity index (χ1) is 25.3. The highest BCUT2D eigenvalue weighted by Crippen LogP contribution is 2.52. The van der Waals surface area contributed by atoms with Crippen LogP contribution in [-0.4, -0.2) is 105 Å². The van der Waals surface area contributed by atoms with Gasteiger partial charge in [0.25, 0.3) is 5.91 Å².